The highest BCUT2D eigenvalue weighted by atomic mass is 14.8. The molecule has 1 rings (SSSR count). The molecule has 0 aliphatic carbocycles. The smallest absolute Gasteiger partial charge is 0.159 e. The van der Waals surface area contributed by atoms with Crippen molar-refractivity contribution in [2.24, 2.45) is 0 Å². The molecule has 0 fully saturated rings. The fraction of sp³-hybridized carbons (Fsp3) is 0.500. The van der Waals surface area contributed by atoms with Gasteiger partial charge in [0, 0.05) is 12.0 Å². The Hall–Kier alpha value is -0.460. The highest BCUT2D eigenvalue weighted by Crippen LogP contribution is 1.84. The summed E-state index contributed by atoms with van der Waals surface area (Å²) in [5.41, 5.74) is 0. The molecule has 5 heavy (non-hydrogen) atoms. The van der Waals surface area contributed by atoms with Crippen LogP contribution in [0.5, 0.6) is 0 Å². The van der Waals surface area contributed by atoms with E-state index in [2.05, 4.69) is 0 Å². The van der Waals surface area contributed by atoms with Gasteiger partial charge in [-0.1, -0.05) is 6.08 Å². The lowest BCUT2D eigenvalue weighted by atomic mass is 10.5. The minimum Gasteiger partial charge on any atom is -0.391 e. The van der Waals surface area contributed by atoms with Crippen molar-refractivity contribution in [1.29, 1.82) is 0 Å². The van der Waals surface area contributed by atoms with Crippen LogP contribution in [0.25, 0.3) is 0 Å². The van der Waals surface area contributed by atoms with Gasteiger partial charge < -0.3 is 5.31 Å². The second-order valence-corrected chi connectivity index (χ2v) is 0.701. The molecule has 0 bridgehead atoms. The molecule has 0 radical (unpaired) electrons. The molecule has 0 unspecified atom stereocenters. The van der Waals surface area contributed by atoms with E-state index < -0.39 is 12.9 Å². The lowest BCUT2D eigenvalue weighted by molar-refractivity contribution is 0.917. The Labute approximate surface area is 38.8 Å². The summed E-state index contributed by atoms with van der Waals surface area (Å²) in [4.78, 5) is 0. The molecule has 0 atom stereocenters. The Kier molecular flexibility index (Phi) is 0.139. The standard InChI is InChI=1S/C4H7N/c1-2-4-5-3-1/h1,3,5H,2,4H2/i2D2,4D2/hD. The van der Waals surface area contributed by atoms with Crippen molar-refractivity contribution in [2.45, 2.75) is 6.37 Å². The summed E-state index contributed by atoms with van der Waals surface area (Å²) in [5, 5.41) is 0.479. The van der Waals surface area contributed by atoms with E-state index in [1.165, 1.54) is 0 Å². The maximum absolute atomic E-state index is 7.06. The van der Waals surface area contributed by atoms with Gasteiger partial charge in [-0.25, -0.2) is 0 Å². The van der Waals surface area contributed by atoms with Crippen molar-refractivity contribution < 1.29 is 6.89 Å². The number of nitrogens with one attached hydrogen (secondary N) is 1. The average Bonchev–Trinajstić information content (AvgIpc) is 1.94. The van der Waals surface area contributed by atoms with Crippen molar-refractivity contribution in [3.8, 4) is 0 Å². The molecule has 0 spiro atoms. The third-order valence-electron chi connectivity index (χ3n) is 0.362. The maximum atomic E-state index is 7.06. The summed E-state index contributed by atoms with van der Waals surface area (Å²) in [6, 6.07) is 0. The van der Waals surface area contributed by atoms with Crippen LogP contribution >= 0.6 is 0 Å². The number of hydrogen-bond donors (Lipinski definition) is 1. The molecule has 1 aliphatic heterocycles. The van der Waals surface area contributed by atoms with Gasteiger partial charge in [0.25, 0.3) is 0 Å². The zero-order valence-corrected chi connectivity index (χ0v) is 2.60. The molecule has 0 aromatic carbocycles. The largest absolute Gasteiger partial charge is 0.391 e. The van der Waals surface area contributed by atoms with Crippen LogP contribution in [-0.4, -0.2) is 6.50 Å². The van der Waals surface area contributed by atoms with E-state index in [-0.39, 0.29) is 0 Å². The summed E-state index contributed by atoms with van der Waals surface area (Å²) in [5.74, 6) is 0. The zero-order chi connectivity index (χ0) is 7.99. The van der Waals surface area contributed by atoms with Gasteiger partial charge in [-0.15, -0.1) is 0 Å². The molecule has 1 nitrogen and oxygen atoms in total. The molecule has 0 saturated heterocycles. The second-order valence-electron chi connectivity index (χ2n) is 0.701. The second kappa shape index (κ2) is 1.11. The molecular formula is C4H7N. The van der Waals surface area contributed by atoms with E-state index >= 15 is 0 Å². The van der Waals surface area contributed by atoms with E-state index in [1.807, 2.05) is 0 Å². The predicted octanol–water partition coefficient (Wildman–Crippen LogP) is 0.493. The minimum absolute atomic E-state index is 0.479. The summed E-state index contributed by atoms with van der Waals surface area (Å²) >= 11 is 0. The normalized spacial score (nSPS) is 56.0. The van der Waals surface area contributed by atoms with E-state index in [9.17, 15) is 0 Å². The number of rotatable bonds is 0. The third kappa shape index (κ3) is 0.407. The van der Waals surface area contributed by atoms with E-state index in [1.54, 1.807) is 0 Å². The van der Waals surface area contributed by atoms with Crippen molar-refractivity contribution in [1.82, 2.24) is 5.31 Å². The van der Waals surface area contributed by atoms with Gasteiger partial charge in [0.15, 0.2) is 1.41 Å². The lowest BCUT2D eigenvalue weighted by Crippen LogP contribution is -1.96. The van der Waals surface area contributed by atoms with Gasteiger partial charge in [-0.2, -0.15) is 0 Å². The fourth-order valence-electron chi connectivity index (χ4n) is 0.186. The fourth-order valence-corrected chi connectivity index (χ4v) is 0.186. The van der Waals surface area contributed by atoms with Crippen molar-refractivity contribution in [3.63, 3.8) is 0 Å². The van der Waals surface area contributed by atoms with Crippen LogP contribution in [0, 0.1) is 0 Å². The molecule has 1 heterocycles. The van der Waals surface area contributed by atoms with Gasteiger partial charge in [-0.3, -0.25) is 0 Å². The quantitative estimate of drug-likeness (QED) is 0.441. The van der Waals surface area contributed by atoms with Gasteiger partial charge >= 0.3 is 0 Å². The zero-order valence-electron chi connectivity index (χ0n) is 7.60. The Morgan fingerprint density at radius 2 is 3.20 bits per heavy atom. The Balaban J connectivity index is 2.94. The molecule has 0 aromatic rings. The molecule has 1 aliphatic rings. The van der Waals surface area contributed by atoms with Gasteiger partial charge in [-0.05, 0) is 12.6 Å². The van der Waals surface area contributed by atoms with Crippen molar-refractivity contribution in [3.05, 3.63) is 12.3 Å². The van der Waals surface area contributed by atoms with Crippen molar-refractivity contribution >= 4 is 0 Å². The van der Waals surface area contributed by atoms with E-state index in [0.717, 1.165) is 12.3 Å². The van der Waals surface area contributed by atoms with Crippen LogP contribution in [0.3, 0.4) is 0 Å². The molecule has 28 valence electrons. The summed E-state index contributed by atoms with van der Waals surface area (Å²) in [6.45, 7) is -2.23. The van der Waals surface area contributed by atoms with Crippen LogP contribution in [-0.2, 0) is 0 Å². The SMILES string of the molecule is [2H]N1C=CC([2H])([2H])C1([2H])[2H]. The molecule has 0 amide bonds. The third-order valence-corrected chi connectivity index (χ3v) is 0.362. The summed E-state index contributed by atoms with van der Waals surface area (Å²) in [7, 11) is 0. The van der Waals surface area contributed by atoms with Crippen molar-refractivity contribution in [2.75, 3.05) is 6.50 Å². The molecule has 0 saturated carbocycles. The first-order valence-corrected chi connectivity index (χ1v) is 1.35. The van der Waals surface area contributed by atoms with Gasteiger partial charge in [0.1, 0.15) is 0 Å². The first kappa shape index (κ1) is 0.625. The van der Waals surface area contributed by atoms with E-state index in [4.69, 9.17) is 6.89 Å². The average molecular weight is 74.1 g/mol. The van der Waals surface area contributed by atoms with Crippen LogP contribution in [0.2, 0.25) is 1.41 Å². The summed E-state index contributed by atoms with van der Waals surface area (Å²) in [6.07, 6.45) is 0.0781. The van der Waals surface area contributed by atoms with Crippen LogP contribution in [0.1, 0.15) is 11.9 Å². The van der Waals surface area contributed by atoms with Gasteiger partial charge in [0.05, 0.1) is 0 Å². The van der Waals surface area contributed by atoms with E-state index in [0.29, 0.717) is 5.31 Å². The summed E-state index contributed by atoms with van der Waals surface area (Å²) < 4.78 is 35.2. The highest BCUT2D eigenvalue weighted by molar-refractivity contribution is 4.86. The topological polar surface area (TPSA) is 12.0 Å². The molecule has 0 aromatic heterocycles. The molecule has 1 heteroatoms. The first-order valence-electron chi connectivity index (χ1n) is 3.80. The van der Waals surface area contributed by atoms with Crippen LogP contribution in [0.4, 0.5) is 0 Å². The monoisotopic (exact) mass is 74.1 g/mol. The Morgan fingerprint density at radius 1 is 2.20 bits per heavy atom. The van der Waals surface area contributed by atoms with Gasteiger partial charge in [0.2, 0.25) is 0 Å². The molecule has 1 N–H and O–H groups in total. The van der Waals surface area contributed by atoms with Crippen LogP contribution < -0.4 is 5.31 Å². The van der Waals surface area contributed by atoms with Crippen LogP contribution in [0.15, 0.2) is 12.3 Å². The Bertz CT molecular complexity index is 174. The Morgan fingerprint density at radius 3 is 3.40 bits per heavy atom. The minimum atomic E-state index is -2.23. The predicted molar refractivity (Wildman–Crippen MR) is 21.8 cm³/mol. The first-order chi connectivity index (χ1) is 4.38. The highest BCUT2D eigenvalue weighted by Gasteiger charge is 1.81. The maximum Gasteiger partial charge on any atom is 0.159 e. The number of hydrogen-bond acceptors (Lipinski definition) is 1. The lowest BCUT2D eigenvalue weighted by Gasteiger charge is -1.78. The molecular weight excluding hydrogens is 62.1 g/mol.